The van der Waals surface area contributed by atoms with Crippen molar-refractivity contribution in [1.29, 1.82) is 0 Å². The van der Waals surface area contributed by atoms with Gasteiger partial charge in [0.15, 0.2) is 0 Å². The molecule has 1 atom stereocenters. The van der Waals surface area contributed by atoms with Gasteiger partial charge in [0.2, 0.25) is 5.91 Å². The standard InChI is InChI=1S/C21H24N2O3/c1-21(2,3)26-20(25)23-18-12-10-16-13-15(14-7-5-4-6-8-14)9-11-17(16)22-19(18)24/h4-9,11,13,18H,10,12H2,1-3H3,(H,22,24)(H,23,25)/t18-/m0/s1. The van der Waals surface area contributed by atoms with Gasteiger partial charge in [-0.2, -0.15) is 0 Å². The largest absolute Gasteiger partial charge is 0.444 e. The highest BCUT2D eigenvalue weighted by molar-refractivity contribution is 5.98. The number of nitrogens with one attached hydrogen (secondary N) is 2. The summed E-state index contributed by atoms with van der Waals surface area (Å²) in [6.45, 7) is 5.38. The topological polar surface area (TPSA) is 67.4 Å². The first-order valence-corrected chi connectivity index (χ1v) is 8.80. The number of rotatable bonds is 2. The van der Waals surface area contributed by atoms with Crippen molar-refractivity contribution >= 4 is 17.7 Å². The summed E-state index contributed by atoms with van der Waals surface area (Å²) in [5.41, 5.74) is 3.50. The van der Waals surface area contributed by atoms with Crippen LogP contribution in [-0.4, -0.2) is 23.6 Å². The van der Waals surface area contributed by atoms with Crippen LogP contribution >= 0.6 is 0 Å². The highest BCUT2D eigenvalue weighted by Crippen LogP contribution is 2.28. The maximum atomic E-state index is 12.5. The lowest BCUT2D eigenvalue weighted by atomic mass is 9.99. The second kappa shape index (κ2) is 7.20. The molecule has 136 valence electrons. The van der Waals surface area contributed by atoms with Gasteiger partial charge in [-0.25, -0.2) is 4.79 Å². The number of aryl methyl sites for hydroxylation is 1. The lowest BCUT2D eigenvalue weighted by Crippen LogP contribution is -2.45. The zero-order valence-corrected chi connectivity index (χ0v) is 15.3. The molecule has 0 saturated carbocycles. The van der Waals surface area contributed by atoms with Gasteiger partial charge in [-0.1, -0.05) is 36.4 Å². The minimum absolute atomic E-state index is 0.220. The molecule has 5 nitrogen and oxygen atoms in total. The Labute approximate surface area is 153 Å². The third kappa shape index (κ3) is 4.42. The first kappa shape index (κ1) is 18.0. The van der Waals surface area contributed by atoms with Crippen LogP contribution in [0.5, 0.6) is 0 Å². The molecule has 5 heteroatoms. The van der Waals surface area contributed by atoms with E-state index in [9.17, 15) is 9.59 Å². The molecule has 0 aliphatic carbocycles. The van der Waals surface area contributed by atoms with Crippen LogP contribution in [-0.2, 0) is 16.0 Å². The molecule has 26 heavy (non-hydrogen) atoms. The monoisotopic (exact) mass is 352 g/mol. The Morgan fingerprint density at radius 2 is 1.85 bits per heavy atom. The van der Waals surface area contributed by atoms with Crippen LogP contribution < -0.4 is 10.6 Å². The maximum absolute atomic E-state index is 12.5. The average molecular weight is 352 g/mol. The molecule has 1 aliphatic rings. The first-order valence-electron chi connectivity index (χ1n) is 8.80. The lowest BCUT2D eigenvalue weighted by molar-refractivity contribution is -0.118. The number of hydrogen-bond acceptors (Lipinski definition) is 3. The van der Waals surface area contributed by atoms with Crippen LogP contribution in [0.15, 0.2) is 48.5 Å². The molecule has 2 aromatic carbocycles. The predicted molar refractivity (Wildman–Crippen MR) is 102 cm³/mol. The summed E-state index contributed by atoms with van der Waals surface area (Å²) >= 11 is 0. The molecule has 2 aromatic rings. The van der Waals surface area contributed by atoms with Crippen LogP contribution in [0.4, 0.5) is 10.5 Å². The van der Waals surface area contributed by atoms with Gasteiger partial charge < -0.3 is 15.4 Å². The van der Waals surface area contributed by atoms with E-state index in [1.165, 1.54) is 0 Å². The molecule has 0 unspecified atom stereocenters. The van der Waals surface area contributed by atoms with E-state index in [0.717, 1.165) is 22.4 Å². The number of benzene rings is 2. The second-order valence-corrected chi connectivity index (χ2v) is 7.46. The smallest absolute Gasteiger partial charge is 0.408 e. The summed E-state index contributed by atoms with van der Waals surface area (Å²) in [4.78, 5) is 24.4. The van der Waals surface area contributed by atoms with Crippen LogP contribution in [0, 0.1) is 0 Å². The Kier molecular flexibility index (Phi) is 4.98. The van der Waals surface area contributed by atoms with E-state index >= 15 is 0 Å². The molecule has 1 aliphatic heterocycles. The fourth-order valence-electron chi connectivity index (χ4n) is 2.97. The Hall–Kier alpha value is -2.82. The lowest BCUT2D eigenvalue weighted by Gasteiger charge is -2.22. The number of anilines is 1. The molecule has 0 spiro atoms. The first-order chi connectivity index (χ1) is 12.3. The molecule has 0 fully saturated rings. The molecular formula is C21H24N2O3. The number of carbonyl (C=O) groups excluding carboxylic acids is 2. The van der Waals surface area contributed by atoms with E-state index in [0.29, 0.717) is 12.8 Å². The van der Waals surface area contributed by atoms with Crippen molar-refractivity contribution in [2.45, 2.75) is 45.3 Å². The fourth-order valence-corrected chi connectivity index (χ4v) is 2.97. The zero-order chi connectivity index (χ0) is 18.7. The third-order valence-corrected chi connectivity index (χ3v) is 4.18. The molecule has 2 N–H and O–H groups in total. The van der Waals surface area contributed by atoms with Crippen molar-refractivity contribution in [2.75, 3.05) is 5.32 Å². The summed E-state index contributed by atoms with van der Waals surface area (Å²) in [5, 5.41) is 5.58. The van der Waals surface area contributed by atoms with E-state index in [1.54, 1.807) is 20.8 Å². The van der Waals surface area contributed by atoms with Crippen LogP contribution in [0.25, 0.3) is 11.1 Å². The Bertz CT molecular complexity index is 810. The average Bonchev–Trinajstić information content (AvgIpc) is 2.73. The quantitative estimate of drug-likeness (QED) is 0.854. The third-order valence-electron chi connectivity index (χ3n) is 4.18. The number of fused-ring (bicyclic) bond motifs is 1. The second-order valence-electron chi connectivity index (χ2n) is 7.46. The van der Waals surface area contributed by atoms with Gasteiger partial charge in [-0.3, -0.25) is 4.79 Å². The van der Waals surface area contributed by atoms with Crippen LogP contribution in [0.2, 0.25) is 0 Å². The van der Waals surface area contributed by atoms with Crippen LogP contribution in [0.3, 0.4) is 0 Å². The number of alkyl carbamates (subject to hydrolysis) is 1. The number of ether oxygens (including phenoxy) is 1. The number of carbonyl (C=O) groups is 2. The Balaban J connectivity index is 1.74. The van der Waals surface area contributed by atoms with Gasteiger partial charge in [0, 0.05) is 5.69 Å². The molecule has 1 heterocycles. The van der Waals surface area contributed by atoms with Crippen molar-refractivity contribution in [3.05, 3.63) is 54.1 Å². The van der Waals surface area contributed by atoms with Crippen LogP contribution in [0.1, 0.15) is 32.8 Å². The fraction of sp³-hybridized carbons (Fsp3) is 0.333. The summed E-state index contributed by atoms with van der Waals surface area (Å²) in [6.07, 6.45) is 0.638. The minimum atomic E-state index is -0.613. The molecule has 0 saturated heterocycles. The molecule has 0 radical (unpaired) electrons. The highest BCUT2D eigenvalue weighted by atomic mass is 16.6. The Morgan fingerprint density at radius 1 is 1.12 bits per heavy atom. The maximum Gasteiger partial charge on any atom is 0.408 e. The van der Waals surface area contributed by atoms with E-state index in [-0.39, 0.29) is 5.91 Å². The van der Waals surface area contributed by atoms with Gasteiger partial charge in [0.1, 0.15) is 11.6 Å². The van der Waals surface area contributed by atoms with Gasteiger partial charge in [0.25, 0.3) is 0 Å². The van der Waals surface area contributed by atoms with Gasteiger partial charge in [-0.05, 0) is 62.4 Å². The van der Waals surface area contributed by atoms with Crippen molar-refractivity contribution in [3.63, 3.8) is 0 Å². The van der Waals surface area contributed by atoms with Gasteiger partial charge in [0.05, 0.1) is 0 Å². The normalized spacial score (nSPS) is 16.9. The minimum Gasteiger partial charge on any atom is -0.444 e. The molecule has 3 rings (SSSR count). The summed E-state index contributed by atoms with van der Waals surface area (Å²) in [6, 6.07) is 15.5. The highest BCUT2D eigenvalue weighted by Gasteiger charge is 2.27. The predicted octanol–water partition coefficient (Wildman–Crippen LogP) is 4.13. The zero-order valence-electron chi connectivity index (χ0n) is 15.3. The number of amides is 2. The molecule has 2 amide bonds. The van der Waals surface area contributed by atoms with Crippen molar-refractivity contribution < 1.29 is 14.3 Å². The summed E-state index contributed by atoms with van der Waals surface area (Å²) < 4.78 is 5.25. The van der Waals surface area contributed by atoms with E-state index in [2.05, 4.69) is 28.8 Å². The summed E-state index contributed by atoms with van der Waals surface area (Å²) in [7, 11) is 0. The summed E-state index contributed by atoms with van der Waals surface area (Å²) in [5.74, 6) is -0.220. The molecular weight excluding hydrogens is 328 g/mol. The Morgan fingerprint density at radius 3 is 2.54 bits per heavy atom. The van der Waals surface area contributed by atoms with E-state index in [4.69, 9.17) is 4.74 Å². The van der Waals surface area contributed by atoms with Crippen molar-refractivity contribution in [1.82, 2.24) is 5.32 Å². The van der Waals surface area contributed by atoms with Gasteiger partial charge in [-0.15, -0.1) is 0 Å². The van der Waals surface area contributed by atoms with E-state index in [1.807, 2.05) is 30.3 Å². The SMILES string of the molecule is CC(C)(C)OC(=O)N[C@H]1CCc2cc(-c3ccccc3)ccc2NC1=O. The molecule has 0 bridgehead atoms. The molecule has 0 aromatic heterocycles. The van der Waals surface area contributed by atoms with E-state index < -0.39 is 17.7 Å². The number of hydrogen-bond donors (Lipinski definition) is 2. The van der Waals surface area contributed by atoms with Gasteiger partial charge >= 0.3 is 6.09 Å². The van der Waals surface area contributed by atoms with Crippen molar-refractivity contribution in [3.8, 4) is 11.1 Å². The van der Waals surface area contributed by atoms with Crippen molar-refractivity contribution in [2.24, 2.45) is 0 Å².